The van der Waals surface area contributed by atoms with Gasteiger partial charge in [-0.05, 0) is 32.8 Å². The highest BCUT2D eigenvalue weighted by Gasteiger charge is 2.32. The van der Waals surface area contributed by atoms with Crippen molar-refractivity contribution >= 4 is 12.0 Å². The number of rotatable bonds is 7. The molecule has 0 aliphatic carbocycles. The first kappa shape index (κ1) is 20.0. The van der Waals surface area contributed by atoms with E-state index in [1.807, 2.05) is 6.92 Å². The molecule has 0 aromatic heterocycles. The molecule has 2 atom stereocenters. The number of urea groups is 1. The molecule has 0 saturated carbocycles. The lowest BCUT2D eigenvalue weighted by atomic mass is 9.99. The van der Waals surface area contributed by atoms with E-state index >= 15 is 0 Å². The summed E-state index contributed by atoms with van der Waals surface area (Å²) in [5.74, 6) is -0.360. The monoisotopic (exact) mass is 360 g/mol. The predicted molar refractivity (Wildman–Crippen MR) is 101 cm³/mol. The van der Waals surface area contributed by atoms with Gasteiger partial charge in [0.15, 0.2) is 0 Å². The molecular weight excluding hydrogens is 330 g/mol. The third-order valence-corrected chi connectivity index (χ3v) is 4.62. The summed E-state index contributed by atoms with van der Waals surface area (Å²) in [5.41, 5.74) is 4.95. The number of carbonyl (C=O) groups is 2. The van der Waals surface area contributed by atoms with Crippen LogP contribution in [0.4, 0.5) is 4.79 Å². The first-order chi connectivity index (χ1) is 12.3. The number of hydrogen-bond acceptors (Lipinski definition) is 3. The van der Waals surface area contributed by atoms with Gasteiger partial charge in [-0.15, -0.1) is 0 Å². The molecule has 6 heteroatoms. The van der Waals surface area contributed by atoms with Gasteiger partial charge in [-0.2, -0.15) is 0 Å². The van der Waals surface area contributed by atoms with Crippen molar-refractivity contribution in [1.82, 2.24) is 10.6 Å². The zero-order chi connectivity index (χ0) is 19.3. The van der Waals surface area contributed by atoms with Gasteiger partial charge >= 0.3 is 12.0 Å². The quantitative estimate of drug-likeness (QED) is 0.641. The fraction of sp³-hybridized carbons (Fsp3) is 0.500. The summed E-state index contributed by atoms with van der Waals surface area (Å²) in [5, 5.41) is 5.62. The Bertz CT molecular complexity index is 712. The van der Waals surface area contributed by atoms with Crippen LogP contribution in [0, 0.1) is 13.8 Å². The molecule has 2 amide bonds. The molecule has 1 aliphatic rings. The highest BCUT2D eigenvalue weighted by molar-refractivity contribution is 5.94. The molecule has 0 fully saturated rings. The van der Waals surface area contributed by atoms with E-state index in [0.717, 1.165) is 6.54 Å². The van der Waals surface area contributed by atoms with Crippen LogP contribution in [0.5, 0.6) is 0 Å². The minimum absolute atomic E-state index is 0.265. The van der Waals surface area contributed by atoms with Gasteiger partial charge in [-0.3, -0.25) is 0 Å². The molecule has 2 rings (SSSR count). The topological polar surface area (TPSA) is 71.9 Å². The lowest BCUT2D eigenvalue weighted by molar-refractivity contribution is -0.889. The molecule has 0 bridgehead atoms. The molecule has 26 heavy (non-hydrogen) atoms. The Morgan fingerprint density at radius 2 is 1.96 bits per heavy atom. The molecule has 6 nitrogen and oxygen atoms in total. The zero-order valence-corrected chi connectivity index (χ0v) is 16.4. The molecule has 1 heterocycles. The van der Waals surface area contributed by atoms with Crippen LogP contribution in [0.3, 0.4) is 0 Å². The number of carbonyl (C=O) groups excluding carboxylic acids is 2. The summed E-state index contributed by atoms with van der Waals surface area (Å²) in [6.07, 6.45) is 0.640. The van der Waals surface area contributed by atoms with E-state index in [1.165, 1.54) is 21.6 Å². The second-order valence-corrected chi connectivity index (χ2v) is 6.91. The lowest BCUT2D eigenvalue weighted by Crippen LogP contribution is -3.08. The van der Waals surface area contributed by atoms with Crippen molar-refractivity contribution in [3.8, 4) is 0 Å². The van der Waals surface area contributed by atoms with E-state index in [4.69, 9.17) is 4.74 Å². The van der Waals surface area contributed by atoms with E-state index in [9.17, 15) is 9.59 Å². The van der Waals surface area contributed by atoms with Crippen molar-refractivity contribution in [2.24, 2.45) is 0 Å². The van der Waals surface area contributed by atoms with Crippen molar-refractivity contribution in [2.45, 2.75) is 46.7 Å². The van der Waals surface area contributed by atoms with Crippen molar-refractivity contribution in [3.63, 3.8) is 0 Å². The van der Waals surface area contributed by atoms with E-state index in [2.05, 4.69) is 49.7 Å². The Kier molecular flexibility index (Phi) is 6.80. The number of amides is 2. The van der Waals surface area contributed by atoms with Gasteiger partial charge in [0.2, 0.25) is 0 Å². The Morgan fingerprint density at radius 3 is 2.58 bits per heavy atom. The number of ether oxygens (including phenoxy) is 1. The molecule has 1 aromatic carbocycles. The van der Waals surface area contributed by atoms with Gasteiger partial charge in [0.05, 0.1) is 31.0 Å². The number of nitrogens with one attached hydrogen (secondary N) is 3. The average Bonchev–Trinajstić information content (AvgIpc) is 2.56. The van der Waals surface area contributed by atoms with Crippen LogP contribution >= 0.6 is 0 Å². The van der Waals surface area contributed by atoms with Crippen LogP contribution in [-0.2, 0) is 16.1 Å². The van der Waals surface area contributed by atoms with Gasteiger partial charge in [0, 0.05) is 5.56 Å². The van der Waals surface area contributed by atoms with Crippen LogP contribution in [0.25, 0.3) is 0 Å². The summed E-state index contributed by atoms with van der Waals surface area (Å²) in [4.78, 5) is 25.6. The van der Waals surface area contributed by atoms with Gasteiger partial charge in [-0.1, -0.05) is 30.7 Å². The SMILES string of the molecule is CCOC(=O)C1=C(C[NH+](C)Cc2ccc(C)cc2C)NC(=O)N[C@@H]1CC. The molecule has 142 valence electrons. The van der Waals surface area contributed by atoms with Crippen LogP contribution in [0.15, 0.2) is 29.5 Å². The van der Waals surface area contributed by atoms with Gasteiger partial charge in [0.1, 0.15) is 13.1 Å². The van der Waals surface area contributed by atoms with Gasteiger partial charge in [0.25, 0.3) is 0 Å². The summed E-state index contributed by atoms with van der Waals surface area (Å²) >= 11 is 0. The smallest absolute Gasteiger partial charge is 0.338 e. The number of aryl methyl sites for hydroxylation is 2. The number of esters is 1. The Balaban J connectivity index is 2.23. The van der Waals surface area contributed by atoms with Crippen LogP contribution < -0.4 is 15.5 Å². The Labute approximate surface area is 155 Å². The van der Waals surface area contributed by atoms with Gasteiger partial charge < -0.3 is 20.3 Å². The third kappa shape index (κ3) is 4.85. The molecule has 0 spiro atoms. The molecule has 0 radical (unpaired) electrons. The predicted octanol–water partition coefficient (Wildman–Crippen LogP) is 1.23. The van der Waals surface area contributed by atoms with E-state index in [0.29, 0.717) is 30.8 Å². The van der Waals surface area contributed by atoms with E-state index in [1.54, 1.807) is 6.92 Å². The van der Waals surface area contributed by atoms with Gasteiger partial charge in [-0.25, -0.2) is 9.59 Å². The standard InChI is InChI=1S/C20H29N3O3/c1-6-16-18(19(24)26-7-2)17(22-20(25)21-16)12-23(5)11-15-9-8-13(3)10-14(15)4/h8-10,16H,6-7,11-12H2,1-5H3,(H2,21,22,25)/p+1/t16-/m1/s1. The maximum atomic E-state index is 12.4. The first-order valence-corrected chi connectivity index (χ1v) is 9.20. The number of quaternary nitrogens is 1. The molecule has 1 aromatic rings. The fourth-order valence-electron chi connectivity index (χ4n) is 3.33. The lowest BCUT2D eigenvalue weighted by Gasteiger charge is -2.29. The summed E-state index contributed by atoms with van der Waals surface area (Å²) in [6.45, 7) is 9.59. The van der Waals surface area contributed by atoms with Crippen molar-refractivity contribution in [3.05, 3.63) is 46.2 Å². The second-order valence-electron chi connectivity index (χ2n) is 6.91. The third-order valence-electron chi connectivity index (χ3n) is 4.62. The first-order valence-electron chi connectivity index (χ1n) is 9.20. The van der Waals surface area contributed by atoms with Crippen molar-refractivity contribution in [2.75, 3.05) is 20.2 Å². The maximum absolute atomic E-state index is 12.4. The largest absolute Gasteiger partial charge is 0.463 e. The van der Waals surface area contributed by atoms with Crippen molar-refractivity contribution in [1.29, 1.82) is 0 Å². The minimum atomic E-state index is -0.360. The highest BCUT2D eigenvalue weighted by Crippen LogP contribution is 2.16. The summed E-state index contributed by atoms with van der Waals surface area (Å²) in [6, 6.07) is 5.85. The van der Waals surface area contributed by atoms with Crippen LogP contribution in [0.1, 0.15) is 37.0 Å². The van der Waals surface area contributed by atoms with Crippen LogP contribution in [0.2, 0.25) is 0 Å². The van der Waals surface area contributed by atoms with E-state index < -0.39 is 0 Å². The summed E-state index contributed by atoms with van der Waals surface area (Å²) in [7, 11) is 2.06. The molecular formula is C20H30N3O3+. The van der Waals surface area contributed by atoms with E-state index in [-0.39, 0.29) is 18.0 Å². The zero-order valence-electron chi connectivity index (χ0n) is 16.4. The molecule has 0 saturated heterocycles. The highest BCUT2D eigenvalue weighted by atomic mass is 16.5. The number of likely N-dealkylation sites (N-methyl/N-ethyl adjacent to an activating group) is 1. The normalized spacial score (nSPS) is 18.2. The maximum Gasteiger partial charge on any atom is 0.338 e. The van der Waals surface area contributed by atoms with Crippen molar-refractivity contribution < 1.29 is 19.2 Å². The molecule has 1 unspecified atom stereocenters. The Hall–Kier alpha value is -2.34. The minimum Gasteiger partial charge on any atom is -0.463 e. The summed E-state index contributed by atoms with van der Waals surface area (Å²) < 4.78 is 5.21. The average molecular weight is 360 g/mol. The number of benzene rings is 1. The fourth-order valence-corrected chi connectivity index (χ4v) is 3.33. The molecule has 3 N–H and O–H groups in total. The second kappa shape index (κ2) is 8.85. The number of hydrogen-bond donors (Lipinski definition) is 3. The molecule has 1 aliphatic heterocycles. The van der Waals surface area contributed by atoms with Crippen LogP contribution in [-0.4, -0.2) is 38.2 Å². The Morgan fingerprint density at radius 1 is 1.23 bits per heavy atom.